The molecule has 0 unspecified atom stereocenters. The van der Waals surface area contributed by atoms with Gasteiger partial charge >= 0.3 is 22.5 Å². The second-order valence-electron chi connectivity index (χ2n) is 11.8. The van der Waals surface area contributed by atoms with Crippen molar-refractivity contribution in [2.24, 2.45) is 0 Å². The van der Waals surface area contributed by atoms with Gasteiger partial charge in [0.25, 0.3) is 0 Å². The molecule has 3 aromatic carbocycles. The number of nitrogen functional groups attached to an aromatic ring is 1. The number of aromatic nitrogens is 2. The van der Waals surface area contributed by atoms with Gasteiger partial charge in [0.1, 0.15) is 11.6 Å². The largest absolute Gasteiger partial charge is 0.501 e. The van der Waals surface area contributed by atoms with Gasteiger partial charge in [-0.3, -0.25) is 39.0 Å². The molecule has 16 heteroatoms. The maximum atomic E-state index is 14.4. The Morgan fingerprint density at radius 2 is 1.23 bits per heavy atom. The summed E-state index contributed by atoms with van der Waals surface area (Å²) in [7, 11) is 0. The standard InChI is InChI=1S/C19H15F2N3O4.C13H11BrN2O4/c1-8-10(12-6-14(21)15(22)7-13(12)20)4-5-11-16(8)23(9-2-3-9)19(26)17(18(11)25)24(27)28;1-6-9(14)5-4-8-10(6)15(7-2-3-7)13(18)11(12(8)17)16(19)20/h4-7,9,25H,2-3,22H2,1H3;4-5,7,17H,2-3H2,1H3. The number of nitrogens with two attached hydrogens (primary N) is 1. The summed E-state index contributed by atoms with van der Waals surface area (Å²) in [5.74, 6) is -2.82. The summed E-state index contributed by atoms with van der Waals surface area (Å²) in [4.78, 5) is 45.7. The Labute approximate surface area is 276 Å². The summed E-state index contributed by atoms with van der Waals surface area (Å²) in [6.45, 7) is 3.41. The number of nitro groups is 2. The van der Waals surface area contributed by atoms with Crippen LogP contribution in [0.15, 0.2) is 50.5 Å². The average Bonchev–Trinajstić information content (AvgIpc) is 3.94. The molecule has 0 radical (unpaired) electrons. The van der Waals surface area contributed by atoms with E-state index in [-0.39, 0.29) is 34.2 Å². The van der Waals surface area contributed by atoms with Crippen LogP contribution in [0.5, 0.6) is 11.5 Å². The minimum absolute atomic E-state index is 0.0164. The SMILES string of the molecule is Cc1c(-c2cc(F)c(N)cc2F)ccc2c(O)c([N+](=O)[O-])c(=O)n(C3CC3)c12.Cc1c(Br)ccc2c(O)c([N+](=O)[O-])c(=O)n(C3CC3)c12. The van der Waals surface area contributed by atoms with Crippen molar-refractivity contribution < 1.29 is 28.8 Å². The van der Waals surface area contributed by atoms with E-state index in [0.717, 1.165) is 35.0 Å². The number of hydrogen-bond acceptors (Lipinski definition) is 9. The van der Waals surface area contributed by atoms with Gasteiger partial charge in [-0.05, 0) is 80.5 Å². The van der Waals surface area contributed by atoms with Crippen molar-refractivity contribution in [3.63, 3.8) is 0 Å². The molecular formula is C32H26BrF2N5O8. The molecule has 2 aromatic heterocycles. The molecule has 2 aliphatic rings. The quantitative estimate of drug-likeness (QED) is 0.0990. The zero-order valence-corrected chi connectivity index (χ0v) is 26.9. The van der Waals surface area contributed by atoms with Gasteiger partial charge in [0.15, 0.2) is 0 Å². The van der Waals surface area contributed by atoms with Gasteiger partial charge in [-0.25, -0.2) is 8.78 Å². The summed E-state index contributed by atoms with van der Waals surface area (Å²) < 4.78 is 31.9. The zero-order valence-electron chi connectivity index (χ0n) is 25.3. The molecule has 0 amide bonds. The van der Waals surface area contributed by atoms with E-state index in [1.165, 1.54) is 21.3 Å². The number of nitrogens with zero attached hydrogens (tertiary/aromatic N) is 4. The van der Waals surface area contributed by atoms with Crippen LogP contribution in [0.4, 0.5) is 25.8 Å². The summed E-state index contributed by atoms with van der Waals surface area (Å²) in [6, 6.07) is 7.67. The predicted molar refractivity (Wildman–Crippen MR) is 177 cm³/mol. The minimum Gasteiger partial charge on any atom is -0.501 e. The summed E-state index contributed by atoms with van der Waals surface area (Å²) in [6.07, 6.45) is 2.96. The van der Waals surface area contributed by atoms with Crippen molar-refractivity contribution in [3.8, 4) is 22.6 Å². The number of benzene rings is 3. The molecule has 13 nitrogen and oxygen atoms in total. The third-order valence-corrected chi connectivity index (χ3v) is 9.50. The van der Waals surface area contributed by atoms with E-state index in [2.05, 4.69) is 15.9 Å². The number of halogens is 3. The minimum atomic E-state index is -0.915. The Hall–Kier alpha value is -5.38. The van der Waals surface area contributed by atoms with Crippen LogP contribution in [0.2, 0.25) is 0 Å². The molecule has 0 spiro atoms. The highest BCUT2D eigenvalue weighted by molar-refractivity contribution is 9.10. The van der Waals surface area contributed by atoms with E-state index in [1.54, 1.807) is 19.1 Å². The fraction of sp³-hybridized carbons (Fsp3) is 0.250. The second-order valence-corrected chi connectivity index (χ2v) is 12.6. The fourth-order valence-corrected chi connectivity index (χ4v) is 6.34. The molecule has 0 saturated heterocycles. The Balaban J connectivity index is 0.000000177. The first kappa shape index (κ1) is 32.6. The highest BCUT2D eigenvalue weighted by Crippen LogP contribution is 2.44. The first-order valence-corrected chi connectivity index (χ1v) is 15.5. The van der Waals surface area contributed by atoms with Crippen LogP contribution < -0.4 is 16.9 Å². The van der Waals surface area contributed by atoms with E-state index >= 15 is 0 Å². The maximum absolute atomic E-state index is 14.4. The lowest BCUT2D eigenvalue weighted by Crippen LogP contribution is -2.23. The van der Waals surface area contributed by atoms with Crippen LogP contribution in [-0.4, -0.2) is 29.2 Å². The highest BCUT2D eigenvalue weighted by atomic mass is 79.9. The van der Waals surface area contributed by atoms with Crippen LogP contribution in [0, 0.1) is 45.7 Å². The lowest BCUT2D eigenvalue weighted by molar-refractivity contribution is -0.387. The maximum Gasteiger partial charge on any atom is 0.375 e. The molecule has 4 N–H and O–H groups in total. The van der Waals surface area contributed by atoms with Crippen LogP contribution in [0.1, 0.15) is 48.9 Å². The number of pyridine rings is 2. The number of fused-ring (bicyclic) bond motifs is 2. The molecule has 248 valence electrons. The topological polar surface area (TPSA) is 197 Å². The summed E-state index contributed by atoms with van der Waals surface area (Å²) in [5.41, 5.74) is 4.04. The smallest absolute Gasteiger partial charge is 0.375 e. The Bertz CT molecular complexity index is 2370. The average molecular weight is 726 g/mol. The van der Waals surface area contributed by atoms with Crippen molar-refractivity contribution in [1.82, 2.24) is 9.13 Å². The van der Waals surface area contributed by atoms with E-state index in [1.807, 2.05) is 6.92 Å². The van der Waals surface area contributed by atoms with Crippen molar-refractivity contribution in [3.05, 3.63) is 105 Å². The number of hydrogen-bond donors (Lipinski definition) is 3. The zero-order chi connectivity index (χ0) is 34.9. The van der Waals surface area contributed by atoms with Gasteiger partial charge in [-0.1, -0.05) is 22.0 Å². The molecule has 0 aliphatic heterocycles. The van der Waals surface area contributed by atoms with Gasteiger partial charge in [-0.2, -0.15) is 0 Å². The third kappa shape index (κ3) is 5.21. The van der Waals surface area contributed by atoms with Crippen molar-refractivity contribution >= 4 is 54.8 Å². The molecular weight excluding hydrogens is 700 g/mol. The molecule has 7 rings (SSSR count). The van der Waals surface area contributed by atoms with Crippen LogP contribution in [0.3, 0.4) is 0 Å². The van der Waals surface area contributed by atoms with Gasteiger partial charge in [0, 0.05) is 39.0 Å². The monoisotopic (exact) mass is 725 g/mol. The van der Waals surface area contributed by atoms with E-state index in [0.29, 0.717) is 34.9 Å². The molecule has 0 bridgehead atoms. The van der Waals surface area contributed by atoms with Gasteiger partial charge in [0.2, 0.25) is 11.5 Å². The second kappa shape index (κ2) is 11.7. The first-order chi connectivity index (χ1) is 22.6. The molecule has 2 aliphatic carbocycles. The first-order valence-electron chi connectivity index (χ1n) is 14.7. The van der Waals surface area contributed by atoms with E-state index in [4.69, 9.17) is 5.73 Å². The summed E-state index contributed by atoms with van der Waals surface area (Å²) in [5, 5.41) is 43.2. The Morgan fingerprint density at radius 3 is 1.69 bits per heavy atom. The van der Waals surface area contributed by atoms with Crippen molar-refractivity contribution in [2.45, 2.75) is 51.6 Å². The van der Waals surface area contributed by atoms with Crippen LogP contribution in [-0.2, 0) is 0 Å². The van der Waals surface area contributed by atoms with Gasteiger partial charge in [-0.15, -0.1) is 0 Å². The number of anilines is 1. The lowest BCUT2D eigenvalue weighted by atomic mass is 9.96. The normalized spacial score (nSPS) is 14.2. The molecule has 0 atom stereocenters. The molecule has 2 fully saturated rings. The molecule has 48 heavy (non-hydrogen) atoms. The molecule has 2 saturated carbocycles. The van der Waals surface area contributed by atoms with Gasteiger partial charge < -0.3 is 15.9 Å². The highest BCUT2D eigenvalue weighted by Gasteiger charge is 2.35. The van der Waals surface area contributed by atoms with Crippen LogP contribution >= 0.6 is 15.9 Å². The van der Waals surface area contributed by atoms with Crippen molar-refractivity contribution in [1.29, 1.82) is 0 Å². The molecule has 5 aromatic rings. The molecule has 2 heterocycles. The van der Waals surface area contributed by atoms with Crippen LogP contribution in [0.25, 0.3) is 32.9 Å². The number of aromatic hydroxyl groups is 2. The lowest BCUT2D eigenvalue weighted by Gasteiger charge is -2.17. The summed E-state index contributed by atoms with van der Waals surface area (Å²) >= 11 is 3.39. The number of aryl methyl sites for hydroxylation is 2. The van der Waals surface area contributed by atoms with Gasteiger partial charge in [0.05, 0.1) is 26.6 Å². The number of rotatable bonds is 5. The Kier molecular flexibility index (Phi) is 7.93. The fourth-order valence-electron chi connectivity index (χ4n) is 6.02. The van der Waals surface area contributed by atoms with Crippen molar-refractivity contribution in [2.75, 3.05) is 5.73 Å². The van der Waals surface area contributed by atoms with E-state index < -0.39 is 55.5 Å². The Morgan fingerprint density at radius 1 is 0.771 bits per heavy atom. The predicted octanol–water partition coefficient (Wildman–Crippen LogP) is 6.81. The third-order valence-electron chi connectivity index (χ3n) is 8.65. The van der Waals surface area contributed by atoms with E-state index in [9.17, 15) is 48.8 Å².